The molecular formula is C25H27NO4. The SMILES string of the molecule is O=C(O)CCC12CCC(CC1)N(C(=O)OCC1c3ccccc3-c3ccccc31)C2. The summed E-state index contributed by atoms with van der Waals surface area (Å²) in [7, 11) is 0. The number of carbonyl (C=O) groups is 2. The minimum Gasteiger partial charge on any atom is -0.481 e. The van der Waals surface area contributed by atoms with Crippen molar-refractivity contribution < 1.29 is 19.4 Å². The van der Waals surface area contributed by atoms with E-state index in [0.29, 0.717) is 19.6 Å². The number of carboxylic acids is 1. The predicted molar refractivity (Wildman–Crippen MR) is 113 cm³/mol. The Labute approximate surface area is 176 Å². The Balaban J connectivity index is 1.29. The van der Waals surface area contributed by atoms with Crippen molar-refractivity contribution in [2.45, 2.75) is 50.5 Å². The van der Waals surface area contributed by atoms with Crippen LogP contribution >= 0.6 is 0 Å². The standard InChI is InChI=1S/C25H27NO4/c27-23(28)11-14-25-12-9-17(10-13-25)26(16-25)24(29)30-15-22-20-7-3-1-5-18(20)19-6-2-4-8-21(19)22/h1-8,17,22H,9-16H2,(H,27,28). The fourth-order valence-electron chi connectivity index (χ4n) is 5.77. The Morgan fingerprint density at radius 1 is 1.00 bits per heavy atom. The molecular weight excluding hydrogens is 378 g/mol. The lowest BCUT2D eigenvalue weighted by Gasteiger charge is -2.52. The summed E-state index contributed by atoms with van der Waals surface area (Å²) in [5, 5.41) is 9.10. The zero-order valence-corrected chi connectivity index (χ0v) is 17.0. The Kier molecular flexibility index (Phi) is 4.76. The molecule has 2 aliphatic carbocycles. The van der Waals surface area contributed by atoms with E-state index in [9.17, 15) is 9.59 Å². The van der Waals surface area contributed by atoms with Crippen LogP contribution in [0.2, 0.25) is 0 Å². The molecule has 2 saturated heterocycles. The highest BCUT2D eigenvalue weighted by Gasteiger charge is 2.47. The van der Waals surface area contributed by atoms with Crippen molar-refractivity contribution >= 4 is 12.1 Å². The van der Waals surface area contributed by atoms with Gasteiger partial charge in [-0.25, -0.2) is 4.79 Å². The normalized spacial score (nSPS) is 24.4. The number of carbonyl (C=O) groups excluding carboxylic acids is 1. The van der Waals surface area contributed by atoms with Crippen LogP contribution in [0.25, 0.3) is 11.1 Å². The minimum atomic E-state index is -0.759. The molecule has 0 aromatic heterocycles. The van der Waals surface area contributed by atoms with Crippen molar-refractivity contribution in [3.63, 3.8) is 0 Å². The monoisotopic (exact) mass is 405 g/mol. The first-order valence-corrected chi connectivity index (χ1v) is 10.9. The van der Waals surface area contributed by atoms with Gasteiger partial charge < -0.3 is 14.7 Å². The van der Waals surface area contributed by atoms with Gasteiger partial charge in [0.05, 0.1) is 0 Å². The zero-order chi connectivity index (χ0) is 20.7. The topological polar surface area (TPSA) is 66.8 Å². The van der Waals surface area contributed by atoms with E-state index in [4.69, 9.17) is 9.84 Å². The van der Waals surface area contributed by atoms with Gasteiger partial charge in [-0.2, -0.15) is 0 Å². The number of amides is 1. The number of rotatable bonds is 5. The maximum Gasteiger partial charge on any atom is 0.410 e. The Morgan fingerprint density at radius 3 is 2.20 bits per heavy atom. The third-order valence-corrected chi connectivity index (χ3v) is 7.40. The summed E-state index contributed by atoms with van der Waals surface area (Å²) >= 11 is 0. The summed E-state index contributed by atoms with van der Waals surface area (Å²) in [5.41, 5.74) is 4.81. The molecule has 0 atom stereocenters. The number of hydrogen-bond donors (Lipinski definition) is 1. The van der Waals surface area contributed by atoms with Crippen molar-refractivity contribution in [1.82, 2.24) is 4.90 Å². The molecule has 5 nitrogen and oxygen atoms in total. The molecule has 4 aliphatic rings. The van der Waals surface area contributed by atoms with Crippen molar-refractivity contribution in [3.05, 3.63) is 59.7 Å². The van der Waals surface area contributed by atoms with Gasteiger partial charge in [0.25, 0.3) is 0 Å². The summed E-state index contributed by atoms with van der Waals surface area (Å²) < 4.78 is 5.87. The summed E-state index contributed by atoms with van der Waals surface area (Å²) in [6.07, 6.45) is 4.48. The van der Waals surface area contributed by atoms with Crippen LogP contribution in [0.5, 0.6) is 0 Å². The van der Waals surface area contributed by atoms with E-state index >= 15 is 0 Å². The van der Waals surface area contributed by atoms with E-state index in [-0.39, 0.29) is 29.9 Å². The highest BCUT2D eigenvalue weighted by atomic mass is 16.6. The first kappa shape index (κ1) is 19.2. The van der Waals surface area contributed by atoms with Gasteiger partial charge in [-0.05, 0) is 59.8 Å². The third kappa shape index (κ3) is 3.26. The number of nitrogens with zero attached hydrogens (tertiary/aromatic N) is 1. The Morgan fingerprint density at radius 2 is 1.60 bits per heavy atom. The molecule has 2 aromatic rings. The second-order valence-electron chi connectivity index (χ2n) is 9.06. The molecule has 0 unspecified atom stereocenters. The average Bonchev–Trinajstić information content (AvgIpc) is 3.11. The smallest absolute Gasteiger partial charge is 0.410 e. The van der Waals surface area contributed by atoms with Gasteiger partial charge in [0.2, 0.25) is 0 Å². The molecule has 5 heteroatoms. The van der Waals surface area contributed by atoms with Crippen LogP contribution < -0.4 is 0 Å². The Bertz CT molecular complexity index is 931. The lowest BCUT2D eigenvalue weighted by Crippen LogP contribution is -2.56. The Hall–Kier alpha value is -2.82. The maximum absolute atomic E-state index is 13.0. The highest BCUT2D eigenvalue weighted by molar-refractivity contribution is 5.79. The van der Waals surface area contributed by atoms with Crippen LogP contribution in [0.3, 0.4) is 0 Å². The molecule has 6 rings (SSSR count). The van der Waals surface area contributed by atoms with E-state index in [1.165, 1.54) is 22.3 Å². The number of piperidine rings is 2. The number of carboxylic acid groups (broad SMARTS) is 1. The summed E-state index contributed by atoms with van der Waals surface area (Å²) in [5.74, 6) is -0.700. The van der Waals surface area contributed by atoms with Gasteiger partial charge in [0.15, 0.2) is 0 Å². The number of ether oxygens (including phenoxy) is 1. The molecule has 1 N–H and O–H groups in total. The average molecular weight is 405 g/mol. The van der Waals surface area contributed by atoms with E-state index in [2.05, 4.69) is 24.3 Å². The second-order valence-corrected chi connectivity index (χ2v) is 9.06. The van der Waals surface area contributed by atoms with Crippen LogP contribution in [0.15, 0.2) is 48.5 Å². The van der Waals surface area contributed by atoms with Gasteiger partial charge in [-0.3, -0.25) is 4.79 Å². The van der Waals surface area contributed by atoms with E-state index < -0.39 is 5.97 Å². The number of fused-ring (bicyclic) bond motifs is 6. The molecule has 3 fully saturated rings. The summed E-state index contributed by atoms with van der Waals surface area (Å²) in [6, 6.07) is 16.9. The first-order chi connectivity index (χ1) is 14.6. The molecule has 1 saturated carbocycles. The first-order valence-electron chi connectivity index (χ1n) is 10.9. The minimum absolute atomic E-state index is 0.0568. The van der Waals surface area contributed by atoms with Crippen LogP contribution in [-0.2, 0) is 9.53 Å². The van der Waals surface area contributed by atoms with Crippen LogP contribution in [-0.4, -0.2) is 41.3 Å². The van der Waals surface area contributed by atoms with Crippen molar-refractivity contribution in [3.8, 4) is 11.1 Å². The predicted octanol–water partition coefficient (Wildman–Crippen LogP) is 5.04. The summed E-state index contributed by atoms with van der Waals surface area (Å²) in [4.78, 5) is 26.0. The van der Waals surface area contributed by atoms with E-state index in [1.54, 1.807) is 0 Å². The van der Waals surface area contributed by atoms with Crippen LogP contribution in [0.4, 0.5) is 4.79 Å². The van der Waals surface area contributed by atoms with Crippen LogP contribution in [0, 0.1) is 5.41 Å². The van der Waals surface area contributed by atoms with Gasteiger partial charge >= 0.3 is 12.1 Å². The molecule has 2 heterocycles. The molecule has 0 radical (unpaired) electrons. The fraction of sp³-hybridized carbons (Fsp3) is 0.440. The molecule has 2 aliphatic heterocycles. The number of hydrogen-bond acceptors (Lipinski definition) is 3. The van der Waals surface area contributed by atoms with Gasteiger partial charge in [-0.15, -0.1) is 0 Å². The van der Waals surface area contributed by atoms with Gasteiger partial charge in [0, 0.05) is 24.9 Å². The molecule has 30 heavy (non-hydrogen) atoms. The van der Waals surface area contributed by atoms with Crippen molar-refractivity contribution in [2.24, 2.45) is 5.41 Å². The largest absolute Gasteiger partial charge is 0.481 e. The fourth-order valence-corrected chi connectivity index (χ4v) is 5.77. The van der Waals surface area contributed by atoms with Crippen molar-refractivity contribution in [2.75, 3.05) is 13.2 Å². The quantitative estimate of drug-likeness (QED) is 0.756. The van der Waals surface area contributed by atoms with E-state index in [1.807, 2.05) is 29.2 Å². The second kappa shape index (κ2) is 7.46. The highest BCUT2D eigenvalue weighted by Crippen LogP contribution is 2.48. The van der Waals surface area contributed by atoms with Gasteiger partial charge in [0.1, 0.15) is 6.61 Å². The lowest BCUT2D eigenvalue weighted by molar-refractivity contribution is -0.138. The molecule has 1 amide bonds. The molecule has 2 bridgehead atoms. The molecule has 2 aromatic carbocycles. The zero-order valence-electron chi connectivity index (χ0n) is 17.0. The maximum atomic E-state index is 13.0. The van der Waals surface area contributed by atoms with E-state index in [0.717, 1.165) is 25.7 Å². The van der Waals surface area contributed by atoms with Crippen molar-refractivity contribution in [1.29, 1.82) is 0 Å². The van der Waals surface area contributed by atoms with Gasteiger partial charge in [-0.1, -0.05) is 48.5 Å². The third-order valence-electron chi connectivity index (χ3n) is 7.40. The molecule has 156 valence electrons. The lowest BCUT2D eigenvalue weighted by atomic mass is 9.65. The number of aliphatic carboxylic acids is 1. The molecule has 0 spiro atoms. The van der Waals surface area contributed by atoms with Crippen LogP contribution in [0.1, 0.15) is 55.6 Å². The summed E-state index contributed by atoms with van der Waals surface area (Å²) in [6.45, 7) is 0.958. The number of benzene rings is 2.